The van der Waals surface area contributed by atoms with Gasteiger partial charge in [0.15, 0.2) is 18.1 Å². The molecule has 3 amide bonds. The lowest BCUT2D eigenvalue weighted by atomic mass is 10.2. The molecule has 29 heavy (non-hydrogen) atoms. The lowest BCUT2D eigenvalue weighted by molar-refractivity contribution is -0.143. The molecule has 0 radical (unpaired) electrons. The van der Waals surface area contributed by atoms with Crippen LogP contribution in [0.1, 0.15) is 10.4 Å². The third-order valence-electron chi connectivity index (χ3n) is 3.47. The first kappa shape index (κ1) is 22.3. The number of nitrogens with one attached hydrogen (secondary N) is 2. The molecule has 0 aliphatic heterocycles. The molecule has 2 aromatic rings. The van der Waals surface area contributed by atoms with Crippen molar-refractivity contribution in [1.29, 1.82) is 0 Å². The normalized spacial score (nSPS) is 10.4. The summed E-state index contributed by atoms with van der Waals surface area (Å²) < 4.78 is 15.1. The van der Waals surface area contributed by atoms with E-state index >= 15 is 0 Å². The summed E-state index contributed by atoms with van der Waals surface area (Å²) in [7, 11) is 2.93. The Labute approximate surface area is 176 Å². The molecular weight excluding hydrogens is 420 g/mol. The Morgan fingerprint density at radius 1 is 1.21 bits per heavy atom. The summed E-state index contributed by atoms with van der Waals surface area (Å²) in [6, 6.07) is 6.24. The number of amides is 3. The Morgan fingerprint density at radius 2 is 2.00 bits per heavy atom. The lowest BCUT2D eigenvalue weighted by Crippen LogP contribution is -2.40. The monoisotopic (exact) mass is 438 g/mol. The molecule has 0 fully saturated rings. The van der Waals surface area contributed by atoms with E-state index in [0.29, 0.717) is 28.6 Å². The molecule has 0 aliphatic carbocycles. The molecule has 154 valence electrons. The average Bonchev–Trinajstić information content (AvgIpc) is 3.22. The van der Waals surface area contributed by atoms with E-state index in [4.69, 9.17) is 25.8 Å². The van der Waals surface area contributed by atoms with Gasteiger partial charge in [-0.2, -0.15) is 0 Å². The summed E-state index contributed by atoms with van der Waals surface area (Å²) in [4.78, 5) is 36.0. The third-order valence-corrected chi connectivity index (χ3v) is 4.63. The van der Waals surface area contributed by atoms with Gasteiger partial charge in [-0.1, -0.05) is 17.7 Å². The number of carbonyl (C=O) groups excluding carboxylic acids is 3. The van der Waals surface area contributed by atoms with Crippen molar-refractivity contribution in [3.05, 3.63) is 51.2 Å². The van der Waals surface area contributed by atoms with E-state index in [1.807, 2.05) is 17.5 Å². The van der Waals surface area contributed by atoms with Crippen LogP contribution < -0.4 is 20.1 Å². The van der Waals surface area contributed by atoms with Crippen molar-refractivity contribution in [2.75, 3.05) is 20.8 Å². The van der Waals surface area contributed by atoms with Gasteiger partial charge in [0.05, 0.1) is 25.8 Å². The number of urea groups is 1. The minimum absolute atomic E-state index is 0.299. The molecule has 0 atom stereocenters. The van der Waals surface area contributed by atoms with Crippen LogP contribution in [0.2, 0.25) is 5.02 Å². The van der Waals surface area contributed by atoms with Gasteiger partial charge in [-0.3, -0.25) is 10.1 Å². The zero-order chi connectivity index (χ0) is 21.2. The largest absolute Gasteiger partial charge is 0.493 e. The quantitative estimate of drug-likeness (QED) is 0.485. The number of hydrogen-bond donors (Lipinski definition) is 2. The van der Waals surface area contributed by atoms with Gasteiger partial charge in [-0.25, -0.2) is 9.59 Å². The second kappa shape index (κ2) is 11.1. The van der Waals surface area contributed by atoms with Gasteiger partial charge in [0.2, 0.25) is 0 Å². The lowest BCUT2D eigenvalue weighted by Gasteiger charge is -2.10. The zero-order valence-electron chi connectivity index (χ0n) is 15.7. The number of benzene rings is 1. The van der Waals surface area contributed by atoms with Crippen LogP contribution in [-0.2, 0) is 20.9 Å². The van der Waals surface area contributed by atoms with Gasteiger partial charge in [-0.15, -0.1) is 11.3 Å². The van der Waals surface area contributed by atoms with Crippen molar-refractivity contribution in [2.24, 2.45) is 0 Å². The first-order valence-electron chi connectivity index (χ1n) is 8.29. The molecule has 8 nitrogen and oxygen atoms in total. The minimum atomic E-state index is -0.759. The Hall–Kier alpha value is -3.04. The van der Waals surface area contributed by atoms with Crippen LogP contribution in [-0.4, -0.2) is 38.7 Å². The topological polar surface area (TPSA) is 103 Å². The van der Waals surface area contributed by atoms with Crippen LogP contribution in [0.3, 0.4) is 0 Å². The Balaban J connectivity index is 1.79. The fourth-order valence-corrected chi connectivity index (χ4v) is 3.11. The first-order chi connectivity index (χ1) is 13.9. The third kappa shape index (κ3) is 7.13. The van der Waals surface area contributed by atoms with Crippen molar-refractivity contribution in [2.45, 2.75) is 6.54 Å². The molecule has 0 spiro atoms. The summed E-state index contributed by atoms with van der Waals surface area (Å²) in [6.07, 6.45) is 2.57. The molecule has 10 heteroatoms. The van der Waals surface area contributed by atoms with E-state index in [2.05, 4.69) is 10.6 Å². The van der Waals surface area contributed by atoms with Gasteiger partial charge in [0.1, 0.15) is 0 Å². The van der Waals surface area contributed by atoms with Crippen LogP contribution in [0.5, 0.6) is 11.5 Å². The molecule has 0 bridgehead atoms. The number of rotatable bonds is 8. The molecule has 2 rings (SSSR count). The number of hydrogen-bond acceptors (Lipinski definition) is 7. The summed E-state index contributed by atoms with van der Waals surface area (Å²) in [6.45, 7) is -0.296. The first-order valence-corrected chi connectivity index (χ1v) is 9.55. The molecule has 1 heterocycles. The number of thiophene rings is 1. The highest BCUT2D eigenvalue weighted by molar-refractivity contribution is 7.09. The number of halogens is 1. The number of imide groups is 1. The number of esters is 1. The van der Waals surface area contributed by atoms with Gasteiger partial charge < -0.3 is 19.5 Å². The SMILES string of the molecule is COc1cc(/C=C/C(=O)OCC(=O)NC(=O)NCc2cccs2)cc(Cl)c1OC. The second-order valence-electron chi connectivity index (χ2n) is 5.49. The van der Waals surface area contributed by atoms with Gasteiger partial charge in [0, 0.05) is 11.0 Å². The van der Waals surface area contributed by atoms with Crippen LogP contribution >= 0.6 is 22.9 Å². The number of methoxy groups -OCH3 is 2. The highest BCUT2D eigenvalue weighted by Crippen LogP contribution is 2.36. The van der Waals surface area contributed by atoms with Gasteiger partial charge >= 0.3 is 12.0 Å². The molecular formula is C19H19ClN2O6S. The maximum atomic E-state index is 11.8. The van der Waals surface area contributed by atoms with Crippen LogP contribution in [0.15, 0.2) is 35.7 Å². The van der Waals surface area contributed by atoms with E-state index in [-0.39, 0.29) is 0 Å². The van der Waals surface area contributed by atoms with Crippen molar-refractivity contribution in [1.82, 2.24) is 10.6 Å². The van der Waals surface area contributed by atoms with E-state index in [9.17, 15) is 14.4 Å². The molecule has 0 saturated heterocycles. The van der Waals surface area contributed by atoms with E-state index < -0.39 is 24.5 Å². The Morgan fingerprint density at radius 3 is 2.66 bits per heavy atom. The standard InChI is InChI=1S/C19H19ClN2O6S/c1-26-15-9-12(8-14(20)18(15)27-2)5-6-17(24)28-11-16(23)22-19(25)21-10-13-4-3-7-29-13/h3-9H,10-11H2,1-2H3,(H2,21,22,23,25)/b6-5+. The summed E-state index contributed by atoms with van der Waals surface area (Å²) in [5.74, 6) is -0.724. The zero-order valence-corrected chi connectivity index (χ0v) is 17.3. The predicted octanol–water partition coefficient (Wildman–Crippen LogP) is 3.00. The van der Waals surface area contributed by atoms with E-state index in [0.717, 1.165) is 11.0 Å². The molecule has 1 aromatic carbocycles. The van der Waals surface area contributed by atoms with Gasteiger partial charge in [-0.05, 0) is 35.2 Å². The summed E-state index contributed by atoms with van der Waals surface area (Å²) in [5.41, 5.74) is 0.571. The number of ether oxygens (including phenoxy) is 3. The Bertz CT molecular complexity index is 898. The highest BCUT2D eigenvalue weighted by atomic mass is 35.5. The maximum Gasteiger partial charge on any atom is 0.331 e. The summed E-state index contributed by atoms with van der Waals surface area (Å²) >= 11 is 7.57. The minimum Gasteiger partial charge on any atom is -0.493 e. The van der Waals surface area contributed by atoms with Crippen molar-refractivity contribution in [3.63, 3.8) is 0 Å². The average molecular weight is 439 g/mol. The van der Waals surface area contributed by atoms with Crippen LogP contribution in [0, 0.1) is 0 Å². The second-order valence-corrected chi connectivity index (χ2v) is 6.93. The Kier molecular flexibility index (Phi) is 8.50. The van der Waals surface area contributed by atoms with Crippen molar-refractivity contribution >= 4 is 46.9 Å². The highest BCUT2D eigenvalue weighted by Gasteiger charge is 2.11. The summed E-state index contributed by atoms with van der Waals surface area (Å²) in [5, 5.41) is 6.79. The fraction of sp³-hybridized carbons (Fsp3) is 0.211. The molecule has 1 aromatic heterocycles. The van der Waals surface area contributed by atoms with Crippen molar-refractivity contribution < 1.29 is 28.6 Å². The molecule has 0 saturated carbocycles. The molecule has 0 unspecified atom stereocenters. The van der Waals surface area contributed by atoms with E-state index in [1.54, 1.807) is 12.1 Å². The fourth-order valence-electron chi connectivity index (χ4n) is 2.17. The molecule has 0 aliphatic rings. The predicted molar refractivity (Wildman–Crippen MR) is 109 cm³/mol. The maximum absolute atomic E-state index is 11.8. The molecule has 2 N–H and O–H groups in total. The van der Waals surface area contributed by atoms with Crippen LogP contribution in [0.25, 0.3) is 6.08 Å². The number of carbonyl (C=O) groups is 3. The van der Waals surface area contributed by atoms with Gasteiger partial charge in [0.25, 0.3) is 5.91 Å². The van der Waals surface area contributed by atoms with E-state index in [1.165, 1.54) is 31.6 Å². The smallest absolute Gasteiger partial charge is 0.331 e. The van der Waals surface area contributed by atoms with Crippen LogP contribution in [0.4, 0.5) is 4.79 Å². The van der Waals surface area contributed by atoms with Crippen molar-refractivity contribution in [3.8, 4) is 11.5 Å².